The zero-order valence-electron chi connectivity index (χ0n) is 13.9. The number of nitrogens with zero attached hydrogens (tertiary/aromatic N) is 2. The Balaban J connectivity index is 2.06. The van der Waals surface area contributed by atoms with Gasteiger partial charge in [-0.05, 0) is 24.3 Å². The van der Waals surface area contributed by atoms with Gasteiger partial charge in [0.1, 0.15) is 0 Å². The summed E-state index contributed by atoms with van der Waals surface area (Å²) in [4.78, 5) is 16.7. The number of pyridine rings is 1. The summed E-state index contributed by atoms with van der Waals surface area (Å²) >= 11 is 0. The summed E-state index contributed by atoms with van der Waals surface area (Å²) in [5.74, 6) is -0.328. The summed E-state index contributed by atoms with van der Waals surface area (Å²) in [6.45, 7) is 0.644. The van der Waals surface area contributed by atoms with E-state index in [2.05, 4.69) is 10.3 Å². The standard InChI is InChI=1S/C18H16F3N3O2/c1-26-10-8-22-17(25)16-23-15(14-7-2-3-9-24(14)16)12-5-4-6-13(11-12)18(19,20)21/h2-7,9,11H,8,10H2,1H3,(H,22,25). The second-order valence-corrected chi connectivity index (χ2v) is 5.57. The molecule has 0 atom stereocenters. The molecule has 8 heteroatoms. The van der Waals surface area contributed by atoms with Gasteiger partial charge >= 0.3 is 6.18 Å². The summed E-state index contributed by atoms with van der Waals surface area (Å²) < 4.78 is 45.4. The van der Waals surface area contributed by atoms with Gasteiger partial charge in [0.25, 0.3) is 5.91 Å². The number of methoxy groups -OCH3 is 1. The van der Waals surface area contributed by atoms with Crippen LogP contribution in [0, 0.1) is 0 Å². The highest BCUT2D eigenvalue weighted by Crippen LogP contribution is 2.33. The number of carbonyl (C=O) groups excluding carboxylic acids is 1. The molecular formula is C18H16F3N3O2. The van der Waals surface area contributed by atoms with E-state index in [9.17, 15) is 18.0 Å². The van der Waals surface area contributed by atoms with E-state index >= 15 is 0 Å². The third-order valence-corrected chi connectivity index (χ3v) is 3.81. The minimum Gasteiger partial charge on any atom is -0.383 e. The molecule has 1 aromatic carbocycles. The number of imidazole rings is 1. The van der Waals surface area contributed by atoms with Crippen molar-refractivity contribution in [1.82, 2.24) is 14.7 Å². The van der Waals surface area contributed by atoms with E-state index in [0.717, 1.165) is 12.1 Å². The second kappa shape index (κ2) is 7.17. The van der Waals surface area contributed by atoms with Crippen LogP contribution in [0.15, 0.2) is 48.7 Å². The number of rotatable bonds is 5. The lowest BCUT2D eigenvalue weighted by Gasteiger charge is -2.07. The van der Waals surface area contributed by atoms with Crippen molar-refractivity contribution in [2.75, 3.05) is 20.3 Å². The summed E-state index contributed by atoms with van der Waals surface area (Å²) in [5, 5.41) is 2.67. The minimum absolute atomic E-state index is 0.101. The molecule has 2 heterocycles. The average molecular weight is 363 g/mol. The van der Waals surface area contributed by atoms with Gasteiger partial charge in [-0.25, -0.2) is 4.98 Å². The topological polar surface area (TPSA) is 55.6 Å². The first kappa shape index (κ1) is 17.9. The van der Waals surface area contributed by atoms with E-state index in [0.29, 0.717) is 29.9 Å². The van der Waals surface area contributed by atoms with Crippen molar-refractivity contribution in [2.24, 2.45) is 0 Å². The van der Waals surface area contributed by atoms with Crippen molar-refractivity contribution in [2.45, 2.75) is 6.18 Å². The van der Waals surface area contributed by atoms with E-state index in [1.165, 1.54) is 19.2 Å². The van der Waals surface area contributed by atoms with Gasteiger partial charge in [-0.2, -0.15) is 13.2 Å². The number of aromatic nitrogens is 2. The number of benzene rings is 1. The quantitative estimate of drug-likeness (QED) is 0.707. The number of halogens is 3. The van der Waals surface area contributed by atoms with Crippen molar-refractivity contribution < 1.29 is 22.7 Å². The molecule has 0 bridgehead atoms. The van der Waals surface area contributed by atoms with Gasteiger partial charge in [-0.1, -0.05) is 18.2 Å². The number of amides is 1. The zero-order chi connectivity index (χ0) is 18.7. The van der Waals surface area contributed by atoms with Crippen molar-refractivity contribution in [3.63, 3.8) is 0 Å². The normalized spacial score (nSPS) is 11.7. The summed E-state index contributed by atoms with van der Waals surface area (Å²) in [6, 6.07) is 10.1. The number of hydrogen-bond donors (Lipinski definition) is 1. The van der Waals surface area contributed by atoms with Crippen LogP contribution in [0.25, 0.3) is 16.8 Å². The first-order valence-electron chi connectivity index (χ1n) is 7.83. The van der Waals surface area contributed by atoms with Gasteiger partial charge in [0.05, 0.1) is 23.4 Å². The second-order valence-electron chi connectivity index (χ2n) is 5.57. The lowest BCUT2D eigenvalue weighted by molar-refractivity contribution is -0.137. The third-order valence-electron chi connectivity index (χ3n) is 3.81. The maximum absolute atomic E-state index is 13.0. The highest BCUT2D eigenvalue weighted by atomic mass is 19.4. The number of fused-ring (bicyclic) bond motifs is 1. The molecule has 1 N–H and O–H groups in total. The Morgan fingerprint density at radius 3 is 2.77 bits per heavy atom. The smallest absolute Gasteiger partial charge is 0.383 e. The van der Waals surface area contributed by atoms with Gasteiger partial charge in [0, 0.05) is 25.4 Å². The molecule has 0 saturated heterocycles. The number of nitrogens with one attached hydrogen (secondary N) is 1. The molecule has 0 spiro atoms. The monoisotopic (exact) mass is 363 g/mol. The van der Waals surface area contributed by atoms with Crippen molar-refractivity contribution in [3.8, 4) is 11.3 Å². The largest absolute Gasteiger partial charge is 0.416 e. The molecule has 1 amide bonds. The molecule has 0 aliphatic rings. The van der Waals surface area contributed by atoms with Crippen molar-refractivity contribution in [1.29, 1.82) is 0 Å². The van der Waals surface area contributed by atoms with E-state index < -0.39 is 17.6 Å². The highest BCUT2D eigenvalue weighted by Gasteiger charge is 2.31. The first-order chi connectivity index (χ1) is 12.4. The zero-order valence-corrected chi connectivity index (χ0v) is 13.9. The van der Waals surface area contributed by atoms with Gasteiger partial charge in [-0.3, -0.25) is 9.20 Å². The fourth-order valence-corrected chi connectivity index (χ4v) is 2.60. The molecule has 0 aliphatic heterocycles. The highest BCUT2D eigenvalue weighted by molar-refractivity contribution is 5.94. The maximum Gasteiger partial charge on any atom is 0.416 e. The van der Waals surface area contributed by atoms with Gasteiger partial charge < -0.3 is 10.1 Å². The Labute approximate surface area is 147 Å². The Morgan fingerprint density at radius 1 is 1.23 bits per heavy atom. The lowest BCUT2D eigenvalue weighted by Crippen LogP contribution is -2.28. The van der Waals surface area contributed by atoms with Crippen LogP contribution in [-0.2, 0) is 10.9 Å². The van der Waals surface area contributed by atoms with E-state index in [1.807, 2.05) is 0 Å². The fourth-order valence-electron chi connectivity index (χ4n) is 2.60. The average Bonchev–Trinajstić information content (AvgIpc) is 3.01. The van der Waals surface area contributed by atoms with Crippen LogP contribution in [-0.4, -0.2) is 35.6 Å². The van der Waals surface area contributed by atoms with Gasteiger partial charge in [-0.15, -0.1) is 0 Å². The van der Waals surface area contributed by atoms with Crippen LogP contribution >= 0.6 is 0 Å². The summed E-state index contributed by atoms with van der Waals surface area (Å²) in [6.07, 6.45) is -2.81. The Hall–Kier alpha value is -2.87. The minimum atomic E-state index is -4.45. The molecule has 0 aliphatic carbocycles. The van der Waals surface area contributed by atoms with Crippen LogP contribution in [0.2, 0.25) is 0 Å². The van der Waals surface area contributed by atoms with Gasteiger partial charge in [0.15, 0.2) is 0 Å². The molecule has 0 fully saturated rings. The molecule has 2 aromatic heterocycles. The maximum atomic E-state index is 13.0. The lowest BCUT2D eigenvalue weighted by atomic mass is 10.1. The molecule has 0 radical (unpaired) electrons. The summed E-state index contributed by atoms with van der Waals surface area (Å²) in [5.41, 5.74) is 0.384. The van der Waals surface area contributed by atoms with Crippen LogP contribution < -0.4 is 5.32 Å². The molecule has 0 unspecified atom stereocenters. The van der Waals surface area contributed by atoms with Crippen molar-refractivity contribution >= 4 is 11.4 Å². The van der Waals surface area contributed by atoms with Crippen LogP contribution in [0.3, 0.4) is 0 Å². The molecule has 5 nitrogen and oxygen atoms in total. The van der Waals surface area contributed by atoms with E-state index in [4.69, 9.17) is 4.74 Å². The molecule has 3 rings (SSSR count). The predicted molar refractivity (Wildman–Crippen MR) is 89.8 cm³/mol. The number of alkyl halides is 3. The molecule has 136 valence electrons. The molecule has 0 saturated carbocycles. The number of hydrogen-bond acceptors (Lipinski definition) is 3. The Bertz CT molecular complexity index is 935. The molecule has 26 heavy (non-hydrogen) atoms. The number of carbonyl (C=O) groups is 1. The van der Waals surface area contributed by atoms with Crippen molar-refractivity contribution in [3.05, 3.63) is 60.0 Å². The molecular weight excluding hydrogens is 347 g/mol. The van der Waals surface area contributed by atoms with Gasteiger partial charge in [0.2, 0.25) is 5.82 Å². The van der Waals surface area contributed by atoms with E-state index in [1.54, 1.807) is 28.8 Å². The van der Waals surface area contributed by atoms with Crippen LogP contribution in [0.1, 0.15) is 16.2 Å². The SMILES string of the molecule is COCCNC(=O)c1nc(-c2cccc(C(F)(F)F)c2)c2ccccn12. The Morgan fingerprint density at radius 2 is 2.04 bits per heavy atom. The third kappa shape index (κ3) is 3.55. The van der Waals surface area contributed by atoms with Crippen LogP contribution in [0.4, 0.5) is 13.2 Å². The number of ether oxygens (including phenoxy) is 1. The Kier molecular flexibility index (Phi) is 4.94. The van der Waals surface area contributed by atoms with Crippen LogP contribution in [0.5, 0.6) is 0 Å². The molecule has 3 aromatic rings. The van der Waals surface area contributed by atoms with E-state index in [-0.39, 0.29) is 5.82 Å². The fraction of sp³-hybridized carbons (Fsp3) is 0.222. The first-order valence-corrected chi connectivity index (χ1v) is 7.83. The summed E-state index contributed by atoms with van der Waals surface area (Å²) in [7, 11) is 1.52. The predicted octanol–water partition coefficient (Wildman–Crippen LogP) is 3.40.